The van der Waals surface area contributed by atoms with E-state index < -0.39 is 0 Å². The zero-order chi connectivity index (χ0) is 20.9. The Labute approximate surface area is 181 Å². The number of rotatable bonds is 7. The molecule has 0 saturated carbocycles. The minimum absolute atomic E-state index is 0.241. The molecule has 0 spiro atoms. The Kier molecular flexibility index (Phi) is 6.11. The van der Waals surface area contributed by atoms with Gasteiger partial charge in [0.15, 0.2) is 0 Å². The van der Waals surface area contributed by atoms with Crippen LogP contribution in [0.15, 0.2) is 72.4 Å². The molecule has 2 aromatic carbocycles. The second kappa shape index (κ2) is 9.11. The van der Waals surface area contributed by atoms with Gasteiger partial charge >= 0.3 is 0 Å². The van der Waals surface area contributed by atoms with E-state index in [2.05, 4.69) is 10.4 Å². The summed E-state index contributed by atoms with van der Waals surface area (Å²) in [4.78, 5) is 13.1. The second-order valence-corrected chi connectivity index (χ2v) is 7.83. The van der Waals surface area contributed by atoms with Gasteiger partial charge in [0.05, 0.1) is 28.3 Å². The van der Waals surface area contributed by atoms with E-state index in [1.54, 1.807) is 47.3 Å². The summed E-state index contributed by atoms with van der Waals surface area (Å²) in [6.07, 6.45) is 3.20. The number of nitrogens with one attached hydrogen (secondary N) is 1. The molecule has 8 heteroatoms. The van der Waals surface area contributed by atoms with Gasteiger partial charge in [-0.3, -0.25) is 9.48 Å². The summed E-state index contributed by atoms with van der Waals surface area (Å²) in [6.45, 7) is 0.596. The van der Waals surface area contributed by atoms with Gasteiger partial charge in [-0.2, -0.15) is 5.10 Å². The first-order valence-electron chi connectivity index (χ1n) is 9.10. The molecule has 0 atom stereocenters. The molecule has 0 saturated heterocycles. The molecular weight excluding hydrogens is 425 g/mol. The zero-order valence-electron chi connectivity index (χ0n) is 15.7. The zero-order valence-corrected chi connectivity index (χ0v) is 17.3. The molecule has 4 rings (SSSR count). The third-order valence-corrected chi connectivity index (χ3v) is 5.58. The van der Waals surface area contributed by atoms with Gasteiger partial charge < -0.3 is 10.1 Å². The lowest BCUT2D eigenvalue weighted by Crippen LogP contribution is -2.09. The summed E-state index contributed by atoms with van der Waals surface area (Å²) in [6, 6.07) is 15.5. The van der Waals surface area contributed by atoms with Crippen LogP contribution in [0.1, 0.15) is 20.8 Å². The number of hydrogen-bond donors (Lipinski definition) is 1. The predicted octanol–water partition coefficient (Wildman–Crippen LogP) is 5.62. The maximum atomic E-state index is 13.8. The highest BCUT2D eigenvalue weighted by atomic mass is 35.5. The molecule has 0 radical (unpaired) electrons. The first kappa shape index (κ1) is 20.1. The van der Waals surface area contributed by atoms with Crippen molar-refractivity contribution in [2.75, 3.05) is 5.32 Å². The molecule has 5 nitrogen and oxygen atoms in total. The first-order valence-corrected chi connectivity index (χ1v) is 10.4. The fourth-order valence-corrected chi connectivity index (χ4v) is 3.78. The van der Waals surface area contributed by atoms with Crippen molar-refractivity contribution < 1.29 is 13.9 Å². The van der Waals surface area contributed by atoms with Gasteiger partial charge in [-0.15, -0.1) is 11.3 Å². The predicted molar refractivity (Wildman–Crippen MR) is 116 cm³/mol. The maximum absolute atomic E-state index is 13.8. The summed E-state index contributed by atoms with van der Waals surface area (Å²) in [5, 5.41) is 9.40. The Bertz CT molecular complexity index is 1170. The van der Waals surface area contributed by atoms with Crippen molar-refractivity contribution in [3.05, 3.63) is 99.2 Å². The van der Waals surface area contributed by atoms with Gasteiger partial charge in [0.2, 0.25) is 0 Å². The lowest BCUT2D eigenvalue weighted by atomic mass is 10.2. The van der Waals surface area contributed by atoms with E-state index in [0.717, 1.165) is 5.56 Å². The van der Waals surface area contributed by atoms with Crippen LogP contribution in [0.4, 0.5) is 10.1 Å². The molecule has 2 aromatic heterocycles. The number of para-hydroxylation sites is 1. The molecule has 30 heavy (non-hydrogen) atoms. The second-order valence-electron chi connectivity index (χ2n) is 6.51. The largest absolute Gasteiger partial charge is 0.487 e. The van der Waals surface area contributed by atoms with Gasteiger partial charge in [0.1, 0.15) is 18.2 Å². The van der Waals surface area contributed by atoms with Gasteiger partial charge in [-0.05, 0) is 29.6 Å². The van der Waals surface area contributed by atoms with Crippen LogP contribution in [-0.4, -0.2) is 15.7 Å². The van der Waals surface area contributed by atoms with Gasteiger partial charge in [0.25, 0.3) is 5.91 Å². The van der Waals surface area contributed by atoms with Crippen LogP contribution in [0.2, 0.25) is 5.02 Å². The highest BCUT2D eigenvalue weighted by Crippen LogP contribution is 2.25. The summed E-state index contributed by atoms with van der Waals surface area (Å²) in [7, 11) is 0. The minimum Gasteiger partial charge on any atom is -0.487 e. The van der Waals surface area contributed by atoms with Crippen LogP contribution in [0.5, 0.6) is 5.75 Å². The molecule has 0 bridgehead atoms. The number of hydrogen-bond acceptors (Lipinski definition) is 4. The Morgan fingerprint density at radius 2 is 2.00 bits per heavy atom. The lowest BCUT2D eigenvalue weighted by Gasteiger charge is -2.06. The standard InChI is InChI=1S/C22H17ClFN3O2S/c23-18-6-2-4-8-20(18)29-13-15-9-21(30-14-15)22(28)26-17-10-25-27(12-17)11-16-5-1-3-7-19(16)24/h1-10,12,14H,11,13H2,(H,26,28). The highest BCUT2D eigenvalue weighted by Gasteiger charge is 2.12. The van der Waals surface area contributed by atoms with E-state index >= 15 is 0 Å². The summed E-state index contributed by atoms with van der Waals surface area (Å²) in [5.41, 5.74) is 1.94. The molecule has 1 N–H and O–H groups in total. The molecule has 0 unspecified atom stereocenters. The SMILES string of the molecule is O=C(Nc1cnn(Cc2ccccc2F)c1)c1cc(COc2ccccc2Cl)cs1. The number of ether oxygens (including phenoxy) is 1. The fraction of sp³-hybridized carbons (Fsp3) is 0.0909. The van der Waals surface area contributed by atoms with Crippen LogP contribution >= 0.6 is 22.9 Å². The van der Waals surface area contributed by atoms with E-state index in [4.69, 9.17) is 16.3 Å². The molecule has 0 aliphatic carbocycles. The fourth-order valence-electron chi connectivity index (χ4n) is 2.80. The number of carbonyl (C=O) groups excluding carboxylic acids is 1. The smallest absolute Gasteiger partial charge is 0.265 e. The average Bonchev–Trinajstić information content (AvgIpc) is 3.39. The van der Waals surface area contributed by atoms with Crippen molar-refractivity contribution in [2.24, 2.45) is 0 Å². The Balaban J connectivity index is 1.35. The Morgan fingerprint density at radius 1 is 1.20 bits per heavy atom. The van der Waals surface area contributed by atoms with E-state index in [-0.39, 0.29) is 18.3 Å². The van der Waals surface area contributed by atoms with E-state index in [9.17, 15) is 9.18 Å². The molecule has 0 aliphatic heterocycles. The number of benzene rings is 2. The third kappa shape index (κ3) is 4.87. The monoisotopic (exact) mass is 441 g/mol. The number of halogens is 2. The van der Waals surface area contributed by atoms with Crippen LogP contribution in [0.25, 0.3) is 0 Å². The molecule has 152 valence electrons. The highest BCUT2D eigenvalue weighted by molar-refractivity contribution is 7.12. The molecule has 0 fully saturated rings. The summed E-state index contributed by atoms with van der Waals surface area (Å²) in [5.74, 6) is 0.0665. The van der Waals surface area contributed by atoms with Crippen LogP contribution in [0.3, 0.4) is 0 Å². The summed E-state index contributed by atoms with van der Waals surface area (Å²) < 4.78 is 21.1. The average molecular weight is 442 g/mol. The normalized spacial score (nSPS) is 10.7. The number of amides is 1. The van der Waals surface area contributed by atoms with Crippen LogP contribution in [-0.2, 0) is 13.2 Å². The first-order chi connectivity index (χ1) is 14.6. The molecular formula is C22H17ClFN3O2S. The van der Waals surface area contributed by atoms with Crippen molar-refractivity contribution in [3.8, 4) is 5.75 Å². The van der Waals surface area contributed by atoms with Crippen molar-refractivity contribution >= 4 is 34.5 Å². The van der Waals surface area contributed by atoms with Crippen LogP contribution in [0, 0.1) is 5.82 Å². The molecule has 4 aromatic rings. The van der Waals surface area contributed by atoms with Gasteiger partial charge in [-0.1, -0.05) is 41.9 Å². The quantitative estimate of drug-likeness (QED) is 0.405. The minimum atomic E-state index is -0.288. The van der Waals surface area contributed by atoms with Crippen molar-refractivity contribution in [1.82, 2.24) is 9.78 Å². The number of nitrogens with zero attached hydrogens (tertiary/aromatic N) is 2. The number of thiophene rings is 1. The molecule has 0 aliphatic rings. The molecule has 1 amide bonds. The number of anilines is 1. The third-order valence-electron chi connectivity index (χ3n) is 4.29. The van der Waals surface area contributed by atoms with Crippen LogP contribution < -0.4 is 10.1 Å². The van der Waals surface area contributed by atoms with Crippen molar-refractivity contribution in [1.29, 1.82) is 0 Å². The topological polar surface area (TPSA) is 56.2 Å². The maximum Gasteiger partial charge on any atom is 0.265 e. The van der Waals surface area contributed by atoms with E-state index in [0.29, 0.717) is 33.5 Å². The Morgan fingerprint density at radius 3 is 2.83 bits per heavy atom. The van der Waals surface area contributed by atoms with E-state index in [1.807, 2.05) is 17.5 Å². The van der Waals surface area contributed by atoms with Crippen molar-refractivity contribution in [3.63, 3.8) is 0 Å². The van der Waals surface area contributed by atoms with Gasteiger partial charge in [0, 0.05) is 17.3 Å². The Hall–Kier alpha value is -3.16. The van der Waals surface area contributed by atoms with Gasteiger partial charge in [-0.25, -0.2) is 4.39 Å². The lowest BCUT2D eigenvalue weighted by molar-refractivity contribution is 0.103. The number of aromatic nitrogens is 2. The molecule has 2 heterocycles. The number of carbonyl (C=O) groups is 1. The summed E-state index contributed by atoms with van der Waals surface area (Å²) >= 11 is 7.41. The van der Waals surface area contributed by atoms with Crippen molar-refractivity contribution in [2.45, 2.75) is 13.2 Å². The van der Waals surface area contributed by atoms with E-state index in [1.165, 1.54) is 23.6 Å².